The summed E-state index contributed by atoms with van der Waals surface area (Å²) in [6, 6.07) is 0. The van der Waals surface area contributed by atoms with Crippen LogP contribution in [0.1, 0.15) is 43.1 Å². The molecule has 0 bridgehead atoms. The van der Waals surface area contributed by atoms with Crippen LogP contribution in [0.25, 0.3) is 0 Å². The summed E-state index contributed by atoms with van der Waals surface area (Å²) in [5.41, 5.74) is 0.679. The van der Waals surface area contributed by atoms with Gasteiger partial charge in [0.2, 0.25) is 0 Å². The minimum Gasteiger partial charge on any atom is -0.380 e. The van der Waals surface area contributed by atoms with E-state index in [0.29, 0.717) is 24.6 Å². The maximum atomic E-state index is 12.1. The van der Waals surface area contributed by atoms with Crippen LogP contribution in [0.3, 0.4) is 0 Å². The fourth-order valence-electron chi connectivity index (χ4n) is 1.76. The number of hydrogen-bond donors (Lipinski definition) is 1. The predicted molar refractivity (Wildman–Crippen MR) is 69.9 cm³/mol. The summed E-state index contributed by atoms with van der Waals surface area (Å²) in [6.45, 7) is 10.2. The molecule has 18 heavy (non-hydrogen) atoms. The molecule has 2 rings (SSSR count). The molecular formula is C12H19N3O2S. The Bertz CT molecular complexity index is 446. The molecule has 1 N–H and O–H groups in total. The average molecular weight is 269 g/mol. The van der Waals surface area contributed by atoms with E-state index in [1.807, 2.05) is 20.8 Å². The molecule has 100 valence electrons. The number of carbonyl (C=O) groups is 1. The number of nitrogens with one attached hydrogen (secondary N) is 1. The maximum Gasteiger partial charge on any atom is 0.264 e. The quantitative estimate of drug-likeness (QED) is 0.905. The van der Waals surface area contributed by atoms with Crippen LogP contribution >= 0.6 is 11.5 Å². The second-order valence-corrected chi connectivity index (χ2v) is 6.94. The van der Waals surface area contributed by atoms with Gasteiger partial charge in [-0.15, -0.1) is 5.10 Å². The summed E-state index contributed by atoms with van der Waals surface area (Å²) in [7, 11) is 0. The molecule has 1 saturated heterocycles. The van der Waals surface area contributed by atoms with Crippen molar-refractivity contribution in [2.75, 3.05) is 19.8 Å². The Morgan fingerprint density at radius 3 is 2.67 bits per heavy atom. The molecule has 0 unspecified atom stereocenters. The SMILES string of the molecule is CC1(CNC(=O)c2snnc2C(C)(C)C)COC1. The molecule has 0 atom stereocenters. The van der Waals surface area contributed by atoms with Crippen LogP contribution in [0.2, 0.25) is 0 Å². The highest BCUT2D eigenvalue weighted by Crippen LogP contribution is 2.27. The minimum absolute atomic E-state index is 0.0790. The van der Waals surface area contributed by atoms with Gasteiger partial charge in [-0.3, -0.25) is 4.79 Å². The zero-order valence-electron chi connectivity index (χ0n) is 11.2. The van der Waals surface area contributed by atoms with Gasteiger partial charge >= 0.3 is 0 Å². The van der Waals surface area contributed by atoms with Crippen LogP contribution in [0.4, 0.5) is 0 Å². The van der Waals surface area contributed by atoms with Gasteiger partial charge in [0, 0.05) is 17.4 Å². The van der Waals surface area contributed by atoms with E-state index in [2.05, 4.69) is 21.8 Å². The molecule has 1 fully saturated rings. The highest BCUT2D eigenvalue weighted by molar-refractivity contribution is 7.08. The van der Waals surface area contributed by atoms with Gasteiger partial charge in [-0.05, 0) is 11.5 Å². The number of ether oxygens (including phenoxy) is 1. The molecule has 1 aliphatic rings. The third-order valence-corrected chi connectivity index (χ3v) is 3.71. The van der Waals surface area contributed by atoms with Crippen molar-refractivity contribution >= 4 is 17.4 Å². The molecule has 0 aliphatic carbocycles. The first-order chi connectivity index (χ1) is 8.32. The Morgan fingerprint density at radius 1 is 1.50 bits per heavy atom. The summed E-state index contributed by atoms with van der Waals surface area (Å²) in [4.78, 5) is 12.8. The van der Waals surface area contributed by atoms with Crippen LogP contribution in [-0.2, 0) is 10.2 Å². The van der Waals surface area contributed by atoms with Crippen LogP contribution in [-0.4, -0.2) is 35.3 Å². The summed E-state index contributed by atoms with van der Waals surface area (Å²) >= 11 is 1.16. The standard InChI is InChI=1S/C12H19N3O2S/c1-11(2,3)9-8(18-15-14-9)10(16)13-5-12(4)6-17-7-12/h5-7H2,1-4H3,(H,13,16). The Kier molecular flexibility index (Phi) is 3.42. The lowest BCUT2D eigenvalue weighted by Gasteiger charge is -2.38. The highest BCUT2D eigenvalue weighted by atomic mass is 32.1. The molecule has 1 aliphatic heterocycles. The number of hydrogen-bond acceptors (Lipinski definition) is 5. The summed E-state index contributed by atoms with van der Waals surface area (Å²) in [5.74, 6) is -0.0805. The molecule has 0 saturated carbocycles. The van der Waals surface area contributed by atoms with E-state index in [-0.39, 0.29) is 16.7 Å². The fourth-order valence-corrected chi connectivity index (χ4v) is 2.55. The van der Waals surface area contributed by atoms with E-state index in [0.717, 1.165) is 17.2 Å². The average Bonchev–Trinajstić information content (AvgIpc) is 2.71. The Hall–Kier alpha value is -1.01. The highest BCUT2D eigenvalue weighted by Gasteiger charge is 2.34. The Morgan fingerprint density at radius 2 is 2.17 bits per heavy atom. The molecule has 0 spiro atoms. The van der Waals surface area contributed by atoms with Crippen LogP contribution in [0.5, 0.6) is 0 Å². The number of rotatable bonds is 3. The van der Waals surface area contributed by atoms with Crippen molar-refractivity contribution in [1.29, 1.82) is 0 Å². The third kappa shape index (κ3) is 2.70. The topological polar surface area (TPSA) is 64.1 Å². The molecule has 1 aromatic heterocycles. The first-order valence-corrected chi connectivity index (χ1v) is 6.78. The van der Waals surface area contributed by atoms with Gasteiger partial charge in [0.15, 0.2) is 0 Å². The first kappa shape index (κ1) is 13.4. The van der Waals surface area contributed by atoms with E-state index in [9.17, 15) is 4.79 Å². The normalized spacial score (nSPS) is 18.2. The smallest absolute Gasteiger partial charge is 0.264 e. The fraction of sp³-hybridized carbons (Fsp3) is 0.750. The molecular weight excluding hydrogens is 250 g/mol. The van der Waals surface area contributed by atoms with Crippen molar-refractivity contribution in [3.63, 3.8) is 0 Å². The Labute approximate surface area is 111 Å². The largest absolute Gasteiger partial charge is 0.380 e. The summed E-state index contributed by atoms with van der Waals surface area (Å²) in [6.07, 6.45) is 0. The van der Waals surface area contributed by atoms with Crippen molar-refractivity contribution in [3.05, 3.63) is 10.6 Å². The van der Waals surface area contributed by atoms with Crippen LogP contribution < -0.4 is 5.32 Å². The Balaban J connectivity index is 2.03. The summed E-state index contributed by atoms with van der Waals surface area (Å²) < 4.78 is 9.06. The maximum absolute atomic E-state index is 12.1. The van der Waals surface area contributed by atoms with Gasteiger partial charge in [0.05, 0.1) is 18.9 Å². The van der Waals surface area contributed by atoms with E-state index in [4.69, 9.17) is 4.74 Å². The van der Waals surface area contributed by atoms with Gasteiger partial charge in [-0.25, -0.2) is 0 Å². The van der Waals surface area contributed by atoms with E-state index < -0.39 is 0 Å². The molecule has 2 heterocycles. The van der Waals surface area contributed by atoms with Crippen molar-refractivity contribution in [2.24, 2.45) is 5.41 Å². The van der Waals surface area contributed by atoms with Crippen molar-refractivity contribution in [3.8, 4) is 0 Å². The van der Waals surface area contributed by atoms with Crippen molar-refractivity contribution in [2.45, 2.75) is 33.1 Å². The van der Waals surface area contributed by atoms with Crippen molar-refractivity contribution < 1.29 is 9.53 Å². The van der Waals surface area contributed by atoms with Crippen LogP contribution in [0, 0.1) is 5.41 Å². The molecule has 1 amide bonds. The second-order valence-electron chi connectivity index (χ2n) is 6.19. The van der Waals surface area contributed by atoms with Crippen LogP contribution in [0.15, 0.2) is 0 Å². The summed E-state index contributed by atoms with van der Waals surface area (Å²) in [5, 5.41) is 7.02. The minimum atomic E-state index is -0.164. The number of nitrogens with zero attached hydrogens (tertiary/aromatic N) is 2. The van der Waals surface area contributed by atoms with Gasteiger partial charge in [0.25, 0.3) is 5.91 Å². The van der Waals surface area contributed by atoms with Gasteiger partial charge in [0.1, 0.15) is 4.88 Å². The lowest BCUT2D eigenvalue weighted by atomic mass is 9.88. The molecule has 0 radical (unpaired) electrons. The number of carbonyl (C=O) groups excluding carboxylic acids is 1. The molecule has 6 heteroatoms. The lowest BCUT2D eigenvalue weighted by molar-refractivity contribution is -0.0978. The van der Waals surface area contributed by atoms with Gasteiger partial charge in [-0.2, -0.15) is 0 Å². The van der Waals surface area contributed by atoms with Gasteiger partial charge < -0.3 is 10.1 Å². The zero-order valence-corrected chi connectivity index (χ0v) is 12.1. The molecule has 1 aromatic rings. The van der Waals surface area contributed by atoms with Gasteiger partial charge in [-0.1, -0.05) is 32.2 Å². The zero-order chi connectivity index (χ0) is 13.4. The number of amides is 1. The number of aromatic nitrogens is 2. The molecule has 0 aromatic carbocycles. The van der Waals surface area contributed by atoms with E-state index >= 15 is 0 Å². The van der Waals surface area contributed by atoms with E-state index in [1.165, 1.54) is 0 Å². The predicted octanol–water partition coefficient (Wildman–Crippen LogP) is 1.60. The molecule has 5 nitrogen and oxygen atoms in total. The first-order valence-electron chi connectivity index (χ1n) is 6.01. The monoisotopic (exact) mass is 269 g/mol. The third-order valence-electron chi connectivity index (χ3n) is 2.98. The lowest BCUT2D eigenvalue weighted by Crippen LogP contribution is -2.48. The van der Waals surface area contributed by atoms with E-state index in [1.54, 1.807) is 0 Å². The second kappa shape index (κ2) is 4.59. The van der Waals surface area contributed by atoms with Crippen molar-refractivity contribution in [1.82, 2.24) is 14.9 Å².